The maximum Gasteiger partial charge on any atom is 0.303 e. The topological polar surface area (TPSA) is 81.7 Å². The molecule has 2 aliphatic rings. The fraction of sp³-hybridized carbons (Fsp3) is 0.500. The molecule has 1 saturated heterocycles. The van der Waals surface area contributed by atoms with Crippen LogP contribution in [0, 0.1) is 0 Å². The summed E-state index contributed by atoms with van der Waals surface area (Å²) in [5.74, 6) is -0.324. The monoisotopic (exact) mass is 363 g/mol. The van der Waals surface area contributed by atoms with E-state index < -0.39 is 17.6 Å². The van der Waals surface area contributed by atoms with E-state index in [1.165, 1.54) is 13.8 Å². The van der Waals surface area contributed by atoms with Crippen molar-refractivity contribution >= 4 is 29.6 Å². The van der Waals surface area contributed by atoms with Crippen molar-refractivity contribution in [3.8, 4) is 0 Å². The molecule has 6 nitrogen and oxygen atoms in total. The van der Waals surface area contributed by atoms with Crippen LogP contribution in [0.3, 0.4) is 0 Å². The van der Waals surface area contributed by atoms with Gasteiger partial charge in [-0.1, -0.05) is 18.2 Å². The van der Waals surface area contributed by atoms with Crippen LogP contribution in [0.15, 0.2) is 30.3 Å². The normalized spacial score (nSPS) is 30.4. The number of carbonyl (C=O) groups is 3. The molecule has 134 valence electrons. The molecule has 0 spiro atoms. The molecular weight excluding hydrogens is 342 g/mol. The van der Waals surface area contributed by atoms with Gasteiger partial charge in [0.05, 0.1) is 10.8 Å². The minimum Gasteiger partial charge on any atom is -0.461 e. The maximum absolute atomic E-state index is 12.6. The number of hydrogen-bond acceptors (Lipinski definition) is 6. The summed E-state index contributed by atoms with van der Waals surface area (Å²) in [5, 5.41) is 2.92. The van der Waals surface area contributed by atoms with E-state index in [0.717, 1.165) is 0 Å². The number of nitrogens with one attached hydrogen (secondary N) is 1. The van der Waals surface area contributed by atoms with Crippen LogP contribution in [0.2, 0.25) is 0 Å². The van der Waals surface area contributed by atoms with Gasteiger partial charge < -0.3 is 14.8 Å². The summed E-state index contributed by atoms with van der Waals surface area (Å²) < 4.78 is 11.0. The number of ether oxygens (including phenoxy) is 2. The second kappa shape index (κ2) is 7.07. The highest BCUT2D eigenvalue weighted by Gasteiger charge is 2.58. The van der Waals surface area contributed by atoms with Crippen LogP contribution in [0.1, 0.15) is 37.0 Å². The average Bonchev–Trinajstić information content (AvgIpc) is 2.79. The Morgan fingerprint density at radius 1 is 1.12 bits per heavy atom. The summed E-state index contributed by atoms with van der Waals surface area (Å²) in [5.41, 5.74) is -0.0705. The van der Waals surface area contributed by atoms with Crippen LogP contribution in [0.5, 0.6) is 0 Å². The number of esters is 2. The number of rotatable bonds is 4. The zero-order valence-corrected chi connectivity index (χ0v) is 15.0. The third kappa shape index (κ3) is 3.66. The standard InChI is InChI=1S/C18H21NO5S/c1-11(20)23-14-8-9-18(10-25-15(14)16(18)24-12(2)21)19-17(22)13-6-4-3-5-7-13/h3-7,14-16H,8-10H2,1-2H3,(H,19,22)/t14-,15-,16+,18+/m0/s1. The lowest BCUT2D eigenvalue weighted by atomic mass is 9.78. The van der Waals surface area contributed by atoms with Crippen LogP contribution < -0.4 is 5.32 Å². The average molecular weight is 363 g/mol. The van der Waals surface area contributed by atoms with Gasteiger partial charge in [0.2, 0.25) is 0 Å². The molecule has 0 aromatic heterocycles. The number of carbonyl (C=O) groups excluding carboxylic acids is 3. The Labute approximate surface area is 150 Å². The van der Waals surface area contributed by atoms with Crippen LogP contribution in [0.25, 0.3) is 0 Å². The molecule has 0 unspecified atom stereocenters. The number of amides is 1. The molecule has 1 aliphatic carbocycles. The van der Waals surface area contributed by atoms with Gasteiger partial charge in [-0.15, -0.1) is 11.8 Å². The van der Waals surface area contributed by atoms with E-state index in [9.17, 15) is 14.4 Å². The summed E-state index contributed by atoms with van der Waals surface area (Å²) >= 11 is 1.58. The van der Waals surface area contributed by atoms with E-state index in [-0.39, 0.29) is 23.2 Å². The number of thioether (sulfide) groups is 1. The lowest BCUT2D eigenvalue weighted by Crippen LogP contribution is -2.63. The second-order valence-electron chi connectivity index (χ2n) is 6.47. The maximum atomic E-state index is 12.6. The van der Waals surface area contributed by atoms with E-state index in [0.29, 0.717) is 24.2 Å². The predicted molar refractivity (Wildman–Crippen MR) is 93.2 cm³/mol. The van der Waals surface area contributed by atoms with Crippen molar-refractivity contribution in [2.45, 2.75) is 49.7 Å². The molecule has 1 aromatic carbocycles. The number of fused-ring (bicyclic) bond motifs is 2. The molecule has 1 saturated carbocycles. The smallest absolute Gasteiger partial charge is 0.303 e. The third-order valence-corrected chi connectivity index (χ3v) is 6.24. The quantitative estimate of drug-likeness (QED) is 0.823. The Hall–Kier alpha value is -2.02. The summed E-state index contributed by atoms with van der Waals surface area (Å²) in [7, 11) is 0. The molecule has 7 heteroatoms. The van der Waals surface area contributed by atoms with Gasteiger partial charge in [-0.2, -0.15) is 0 Å². The molecule has 0 radical (unpaired) electrons. The predicted octanol–water partition coefficient (Wildman–Crippen LogP) is 1.93. The SMILES string of the molecule is CC(=O)O[C@H]1CC[C@@]2(NC(=O)c3ccccc3)CS[C@@H]1[C@H]2OC(C)=O. The first-order chi connectivity index (χ1) is 11.9. The molecule has 1 aliphatic heterocycles. The van der Waals surface area contributed by atoms with E-state index >= 15 is 0 Å². The highest BCUT2D eigenvalue weighted by atomic mass is 32.2. The van der Waals surface area contributed by atoms with Gasteiger partial charge in [-0.05, 0) is 25.0 Å². The molecule has 1 amide bonds. The zero-order valence-electron chi connectivity index (χ0n) is 14.2. The van der Waals surface area contributed by atoms with Crippen molar-refractivity contribution in [1.29, 1.82) is 0 Å². The molecule has 25 heavy (non-hydrogen) atoms. The second-order valence-corrected chi connectivity index (χ2v) is 7.63. The van der Waals surface area contributed by atoms with Crippen LogP contribution >= 0.6 is 11.8 Å². The van der Waals surface area contributed by atoms with E-state index in [2.05, 4.69) is 5.32 Å². The Bertz CT molecular complexity index is 679. The number of benzene rings is 1. The highest BCUT2D eigenvalue weighted by molar-refractivity contribution is 8.00. The Balaban J connectivity index is 1.82. The van der Waals surface area contributed by atoms with Crippen molar-refractivity contribution in [1.82, 2.24) is 5.32 Å². The summed E-state index contributed by atoms with van der Waals surface area (Å²) in [6, 6.07) is 8.95. The van der Waals surface area contributed by atoms with E-state index in [4.69, 9.17) is 9.47 Å². The largest absolute Gasteiger partial charge is 0.461 e. The summed E-state index contributed by atoms with van der Waals surface area (Å²) in [6.45, 7) is 2.73. The minimum atomic E-state index is -0.634. The first kappa shape index (κ1) is 17.8. The Kier molecular flexibility index (Phi) is 5.03. The van der Waals surface area contributed by atoms with Gasteiger partial charge in [0.15, 0.2) is 0 Å². The van der Waals surface area contributed by atoms with Gasteiger partial charge in [0, 0.05) is 25.2 Å². The molecule has 1 N–H and O–H groups in total. The van der Waals surface area contributed by atoms with Crippen molar-refractivity contribution in [2.75, 3.05) is 5.75 Å². The number of hydrogen-bond donors (Lipinski definition) is 1. The molecular formula is C18H21NO5S. The van der Waals surface area contributed by atoms with Crippen molar-refractivity contribution in [3.63, 3.8) is 0 Å². The van der Waals surface area contributed by atoms with Crippen molar-refractivity contribution < 1.29 is 23.9 Å². The van der Waals surface area contributed by atoms with Crippen LogP contribution in [0.4, 0.5) is 0 Å². The van der Waals surface area contributed by atoms with Gasteiger partial charge in [-0.25, -0.2) is 0 Å². The van der Waals surface area contributed by atoms with Crippen LogP contribution in [-0.4, -0.2) is 46.6 Å². The van der Waals surface area contributed by atoms with Gasteiger partial charge in [0.25, 0.3) is 5.91 Å². The first-order valence-corrected chi connectivity index (χ1v) is 9.30. The lowest BCUT2D eigenvalue weighted by molar-refractivity contribution is -0.159. The molecule has 3 rings (SSSR count). The first-order valence-electron chi connectivity index (χ1n) is 8.25. The zero-order chi connectivity index (χ0) is 18.0. The van der Waals surface area contributed by atoms with E-state index in [1.807, 2.05) is 6.07 Å². The Morgan fingerprint density at radius 2 is 1.80 bits per heavy atom. The van der Waals surface area contributed by atoms with Crippen LogP contribution in [-0.2, 0) is 19.1 Å². The summed E-state index contributed by atoms with van der Waals surface area (Å²) in [6.07, 6.45) is 0.395. The molecule has 2 bridgehead atoms. The minimum absolute atomic E-state index is 0.169. The molecule has 1 aromatic rings. The molecule has 4 atom stereocenters. The highest BCUT2D eigenvalue weighted by Crippen LogP contribution is 2.47. The van der Waals surface area contributed by atoms with E-state index in [1.54, 1.807) is 36.0 Å². The Morgan fingerprint density at radius 3 is 2.44 bits per heavy atom. The lowest BCUT2D eigenvalue weighted by Gasteiger charge is -2.42. The fourth-order valence-electron chi connectivity index (χ4n) is 3.57. The van der Waals surface area contributed by atoms with Gasteiger partial charge in [-0.3, -0.25) is 14.4 Å². The summed E-state index contributed by atoms with van der Waals surface area (Å²) in [4.78, 5) is 35.6. The van der Waals surface area contributed by atoms with Crippen molar-refractivity contribution in [2.24, 2.45) is 0 Å². The van der Waals surface area contributed by atoms with Crippen molar-refractivity contribution in [3.05, 3.63) is 35.9 Å². The van der Waals surface area contributed by atoms with Gasteiger partial charge >= 0.3 is 11.9 Å². The molecule has 1 heterocycles. The van der Waals surface area contributed by atoms with Gasteiger partial charge in [0.1, 0.15) is 12.2 Å². The molecule has 2 fully saturated rings. The third-order valence-electron chi connectivity index (χ3n) is 4.63. The fourth-order valence-corrected chi connectivity index (χ4v) is 5.33.